The van der Waals surface area contributed by atoms with Crippen LogP contribution in [0.15, 0.2) is 21.7 Å². The molecule has 4 atom stereocenters. The van der Waals surface area contributed by atoms with Crippen LogP contribution in [0.25, 0.3) is 0 Å². The molecule has 12 N–H and O–H groups in total. The highest BCUT2D eigenvalue weighted by molar-refractivity contribution is 5.87. The minimum atomic E-state index is -2.19. The van der Waals surface area contributed by atoms with Crippen molar-refractivity contribution in [3.63, 3.8) is 0 Å². The molecule has 0 radical (unpaired) electrons. The van der Waals surface area contributed by atoms with E-state index >= 15 is 0 Å². The Morgan fingerprint density at radius 2 is 0.957 bits per heavy atom. The summed E-state index contributed by atoms with van der Waals surface area (Å²) in [6, 6.07) is 1.31. The molecule has 6 amide bonds. The molecule has 20 nitrogen and oxygen atoms in total. The highest BCUT2D eigenvalue weighted by Gasteiger charge is 2.37. The zero-order chi connectivity index (χ0) is 34.2. The lowest BCUT2D eigenvalue weighted by Crippen LogP contribution is -2.54. The molecule has 0 aliphatic carbocycles. The molecule has 0 saturated heterocycles. The number of aryl methyl sites for hydroxylation is 2. The number of aliphatic hydroxyl groups excluding tert-OH is 4. The molecule has 0 saturated carbocycles. The number of aliphatic hydroxyl groups is 4. The van der Waals surface area contributed by atoms with Gasteiger partial charge in [0.05, 0.1) is 0 Å². The minimum Gasteiger partial charge on any atom is -0.387 e. The third-order valence-corrected chi connectivity index (χ3v) is 6.13. The van der Waals surface area contributed by atoms with Gasteiger partial charge in [-0.05, 0) is 39.5 Å². The van der Waals surface area contributed by atoms with Crippen molar-refractivity contribution >= 4 is 35.8 Å². The number of anilines is 2. The third kappa shape index (κ3) is 13.4. The van der Waals surface area contributed by atoms with E-state index in [-0.39, 0.29) is 38.1 Å². The molecular weight excluding hydrogens is 612 g/mol. The zero-order valence-corrected chi connectivity index (χ0v) is 25.3. The number of urea groups is 2. The average molecular weight is 653 g/mol. The molecule has 2 heterocycles. The summed E-state index contributed by atoms with van der Waals surface area (Å²) in [5, 5.41) is 54.8. The Balaban J connectivity index is 1.58. The fourth-order valence-corrected chi connectivity index (χ4v) is 3.80. The first-order valence-electron chi connectivity index (χ1n) is 14.3. The fourth-order valence-electron chi connectivity index (χ4n) is 3.80. The van der Waals surface area contributed by atoms with Gasteiger partial charge in [-0.2, -0.15) is 9.97 Å². The molecule has 254 valence electrons. The molecule has 20 heteroatoms. The highest BCUT2D eigenvalue weighted by atomic mass is 16.4. The third-order valence-electron chi connectivity index (χ3n) is 6.13. The molecule has 0 fully saturated rings. The molecule has 0 bridgehead atoms. The Hall–Kier alpha value is -4.92. The van der Waals surface area contributed by atoms with Crippen molar-refractivity contribution in [2.75, 3.05) is 36.8 Å². The van der Waals surface area contributed by atoms with Gasteiger partial charge in [0.15, 0.2) is 12.2 Å². The SMILES string of the molecule is Cc1cc(=O)nc(NC(=O)NCCCCNC(=O)C(O)C(O)C(O)C(O)C(=O)NCCCCNC(=O)Nc2nc(=O)cc(C)[nH]2)[nH]1. The summed E-state index contributed by atoms with van der Waals surface area (Å²) in [6.07, 6.45) is -7.17. The Kier molecular flexibility index (Phi) is 15.2. The van der Waals surface area contributed by atoms with Gasteiger partial charge in [-0.25, -0.2) is 9.59 Å². The number of hydrogen-bond donors (Lipinski definition) is 12. The maximum Gasteiger partial charge on any atom is 0.321 e. The largest absolute Gasteiger partial charge is 0.387 e. The second-order valence-corrected chi connectivity index (χ2v) is 10.1. The van der Waals surface area contributed by atoms with Crippen molar-refractivity contribution in [3.8, 4) is 0 Å². The predicted octanol–water partition coefficient (Wildman–Crippen LogP) is -3.35. The van der Waals surface area contributed by atoms with Gasteiger partial charge in [0.2, 0.25) is 11.9 Å². The second kappa shape index (κ2) is 18.8. The summed E-state index contributed by atoms with van der Waals surface area (Å²) in [4.78, 5) is 83.4. The number of amides is 6. The summed E-state index contributed by atoms with van der Waals surface area (Å²) < 4.78 is 0. The van der Waals surface area contributed by atoms with Crippen LogP contribution >= 0.6 is 0 Å². The van der Waals surface area contributed by atoms with Gasteiger partial charge in [0.1, 0.15) is 12.2 Å². The molecular formula is C26H40N10O10. The van der Waals surface area contributed by atoms with Gasteiger partial charge in [0.25, 0.3) is 22.9 Å². The summed E-state index contributed by atoms with van der Waals surface area (Å²) in [5.74, 6) is -2.14. The number of unbranched alkanes of at least 4 members (excludes halogenated alkanes) is 2. The number of rotatable bonds is 17. The lowest BCUT2D eigenvalue weighted by molar-refractivity contribution is -0.155. The van der Waals surface area contributed by atoms with E-state index in [0.29, 0.717) is 37.1 Å². The van der Waals surface area contributed by atoms with Crippen LogP contribution in [0.4, 0.5) is 21.5 Å². The first kappa shape index (κ1) is 37.3. The van der Waals surface area contributed by atoms with Crippen molar-refractivity contribution in [2.24, 2.45) is 0 Å². The predicted molar refractivity (Wildman–Crippen MR) is 162 cm³/mol. The molecule has 0 spiro atoms. The number of carbonyl (C=O) groups excluding carboxylic acids is 4. The lowest BCUT2D eigenvalue weighted by Gasteiger charge is -2.25. The second-order valence-electron chi connectivity index (χ2n) is 10.1. The Labute approximate surface area is 261 Å². The zero-order valence-electron chi connectivity index (χ0n) is 25.3. The number of nitrogens with one attached hydrogen (secondary N) is 8. The van der Waals surface area contributed by atoms with E-state index in [9.17, 15) is 49.2 Å². The molecule has 0 aromatic carbocycles. The summed E-state index contributed by atoms with van der Waals surface area (Å²) in [5.41, 5.74) is 0.00587. The van der Waals surface area contributed by atoms with E-state index in [4.69, 9.17) is 0 Å². The van der Waals surface area contributed by atoms with E-state index in [1.165, 1.54) is 12.1 Å². The van der Waals surface area contributed by atoms with E-state index < -0.39 is 59.4 Å². The Bertz CT molecular complexity index is 1340. The smallest absolute Gasteiger partial charge is 0.321 e. The average Bonchev–Trinajstić information content (AvgIpc) is 2.97. The lowest BCUT2D eigenvalue weighted by atomic mass is 10.0. The highest BCUT2D eigenvalue weighted by Crippen LogP contribution is 2.07. The van der Waals surface area contributed by atoms with Crippen LogP contribution in [-0.2, 0) is 9.59 Å². The number of carbonyl (C=O) groups is 4. The van der Waals surface area contributed by atoms with Crippen LogP contribution in [0.1, 0.15) is 37.1 Å². The summed E-state index contributed by atoms with van der Waals surface area (Å²) >= 11 is 0. The van der Waals surface area contributed by atoms with Crippen molar-refractivity contribution in [1.29, 1.82) is 0 Å². The normalized spacial score (nSPS) is 13.4. The molecule has 0 aliphatic heterocycles. The van der Waals surface area contributed by atoms with Crippen molar-refractivity contribution in [1.82, 2.24) is 41.2 Å². The quantitative estimate of drug-likeness (QED) is 0.0746. The van der Waals surface area contributed by atoms with Crippen LogP contribution in [0.5, 0.6) is 0 Å². The first-order chi connectivity index (χ1) is 21.8. The minimum absolute atomic E-state index is 0.0165. The molecule has 2 aromatic rings. The van der Waals surface area contributed by atoms with E-state index in [0.717, 1.165) is 0 Å². The van der Waals surface area contributed by atoms with Crippen LogP contribution < -0.4 is 43.0 Å². The van der Waals surface area contributed by atoms with Gasteiger partial charge in [0, 0.05) is 49.7 Å². The number of aromatic amines is 2. The number of nitrogens with zero attached hydrogens (tertiary/aromatic N) is 2. The molecule has 2 aromatic heterocycles. The first-order valence-corrected chi connectivity index (χ1v) is 14.3. The van der Waals surface area contributed by atoms with Crippen LogP contribution in [0.2, 0.25) is 0 Å². The Morgan fingerprint density at radius 1 is 0.630 bits per heavy atom. The monoisotopic (exact) mass is 652 g/mol. The number of hydrogen-bond acceptors (Lipinski definition) is 12. The molecule has 0 aliphatic rings. The van der Waals surface area contributed by atoms with Gasteiger partial charge in [-0.3, -0.25) is 29.8 Å². The van der Waals surface area contributed by atoms with Gasteiger partial charge in [-0.15, -0.1) is 0 Å². The molecule has 4 unspecified atom stereocenters. The van der Waals surface area contributed by atoms with E-state index in [1.54, 1.807) is 13.8 Å². The fraction of sp³-hybridized carbons (Fsp3) is 0.538. The van der Waals surface area contributed by atoms with Crippen LogP contribution in [0, 0.1) is 13.8 Å². The van der Waals surface area contributed by atoms with Gasteiger partial charge in [-0.1, -0.05) is 0 Å². The van der Waals surface area contributed by atoms with Crippen molar-refractivity contribution in [3.05, 3.63) is 44.2 Å². The van der Waals surface area contributed by atoms with Gasteiger partial charge >= 0.3 is 12.1 Å². The van der Waals surface area contributed by atoms with Gasteiger partial charge < -0.3 is 51.7 Å². The van der Waals surface area contributed by atoms with Crippen LogP contribution in [0.3, 0.4) is 0 Å². The maximum atomic E-state index is 12.1. The standard InChI is InChI=1S/C26H40N10O10/c1-13-11-15(37)33-23(31-13)35-25(45)29-9-5-3-7-27-21(43)19(41)17(39)18(40)20(42)22(44)28-8-4-6-10-30-26(46)36-24-32-14(2)12-16(38)34-24/h11-12,17-20,39-42H,3-10H2,1-2H3,(H,27,43)(H,28,44)(H3,29,31,33,35,37,45)(H3,30,32,34,36,38,46). The topological polar surface area (TPSA) is 313 Å². The number of H-pyrrole nitrogens is 2. The van der Waals surface area contributed by atoms with Crippen LogP contribution in [-0.4, -0.2) is 115 Å². The maximum absolute atomic E-state index is 12.1. The van der Waals surface area contributed by atoms with Crippen molar-refractivity contribution in [2.45, 2.75) is 63.9 Å². The van der Waals surface area contributed by atoms with E-state index in [2.05, 4.69) is 51.8 Å². The summed E-state index contributed by atoms with van der Waals surface area (Å²) in [6.45, 7) is 3.73. The Morgan fingerprint density at radius 3 is 1.28 bits per heavy atom. The molecule has 46 heavy (non-hydrogen) atoms. The number of aromatic nitrogens is 4. The summed E-state index contributed by atoms with van der Waals surface area (Å²) in [7, 11) is 0. The molecule has 2 rings (SSSR count). The van der Waals surface area contributed by atoms with Crippen molar-refractivity contribution < 1.29 is 39.6 Å². The van der Waals surface area contributed by atoms with E-state index in [1.807, 2.05) is 0 Å².